The maximum absolute atomic E-state index is 14.6. The lowest BCUT2D eigenvalue weighted by Gasteiger charge is -2.37. The molecule has 2 aliphatic rings. The molecule has 0 bridgehead atoms. The molecule has 262 valence electrons. The maximum atomic E-state index is 14.6. The summed E-state index contributed by atoms with van der Waals surface area (Å²) in [7, 11) is 2.32. The number of nitrogens with zero attached hydrogens (tertiary/aromatic N) is 3. The molecular weight excluding hydrogens is 651 g/mol. The van der Waals surface area contributed by atoms with Crippen LogP contribution in [0.2, 0.25) is 18.6 Å². The van der Waals surface area contributed by atoms with E-state index in [1.165, 1.54) is 11.7 Å². The van der Waals surface area contributed by atoms with Crippen LogP contribution >= 0.6 is 0 Å². The number of aliphatic hydroxyl groups is 1. The van der Waals surface area contributed by atoms with Gasteiger partial charge in [0.1, 0.15) is 5.75 Å². The van der Waals surface area contributed by atoms with E-state index in [0.29, 0.717) is 23.5 Å². The third-order valence-electron chi connectivity index (χ3n) is 10.7. The number of hydrogen-bond donors (Lipinski definition) is 1. The van der Waals surface area contributed by atoms with E-state index in [1.54, 1.807) is 42.3 Å². The molecule has 1 spiro atoms. The predicted octanol–water partition coefficient (Wildman–Crippen LogP) is 4.46. The smallest absolute Gasteiger partial charge is 0.297 e. The van der Waals surface area contributed by atoms with Crippen molar-refractivity contribution >= 4 is 30.8 Å². The number of pyridine rings is 1. The fourth-order valence-corrected chi connectivity index (χ4v) is 12.1. The molecule has 1 fully saturated rings. The van der Waals surface area contributed by atoms with E-state index >= 15 is 0 Å². The van der Waals surface area contributed by atoms with E-state index in [-0.39, 0.29) is 54.2 Å². The fraction of sp³-hybridized carbons (Fsp3) is 0.359. The molecule has 10 nitrogen and oxygen atoms in total. The lowest BCUT2D eigenvalue weighted by molar-refractivity contribution is -0.149. The van der Waals surface area contributed by atoms with Crippen molar-refractivity contribution in [2.45, 2.75) is 50.2 Å². The zero-order valence-electron chi connectivity index (χ0n) is 29.5. The van der Waals surface area contributed by atoms with Crippen LogP contribution in [0.15, 0.2) is 95.9 Å². The Morgan fingerprint density at radius 2 is 1.70 bits per heavy atom. The van der Waals surface area contributed by atoms with E-state index in [1.807, 2.05) is 60.7 Å². The normalized spacial score (nSPS) is 21.4. The molecule has 2 amide bonds. The minimum absolute atomic E-state index is 0.0392. The summed E-state index contributed by atoms with van der Waals surface area (Å²) in [6.45, 7) is 6.94. The van der Waals surface area contributed by atoms with Crippen LogP contribution in [-0.2, 0) is 26.5 Å². The zero-order valence-corrected chi connectivity index (χ0v) is 30.5. The van der Waals surface area contributed by atoms with Gasteiger partial charge in [-0.25, -0.2) is 0 Å². The zero-order chi connectivity index (χ0) is 35.8. The predicted molar refractivity (Wildman–Crippen MR) is 195 cm³/mol. The number of rotatable bonds is 11. The van der Waals surface area contributed by atoms with Gasteiger partial charge in [0.2, 0.25) is 5.91 Å². The molecule has 2 aliphatic heterocycles. The molecule has 4 aromatic rings. The molecule has 1 saturated heterocycles. The van der Waals surface area contributed by atoms with E-state index in [2.05, 4.69) is 32.2 Å². The topological polar surface area (TPSA) is 111 Å². The van der Waals surface area contributed by atoms with E-state index in [4.69, 9.17) is 14.2 Å². The van der Waals surface area contributed by atoms with Crippen LogP contribution in [0.4, 0.5) is 5.69 Å². The van der Waals surface area contributed by atoms with E-state index < -0.39 is 19.8 Å². The van der Waals surface area contributed by atoms with Crippen LogP contribution in [-0.4, -0.2) is 75.0 Å². The van der Waals surface area contributed by atoms with Gasteiger partial charge in [-0.05, 0) is 53.6 Å². The highest BCUT2D eigenvalue weighted by Crippen LogP contribution is 2.60. The molecule has 3 heterocycles. The summed E-state index contributed by atoms with van der Waals surface area (Å²) in [5.41, 5.74) is 1.01. The van der Waals surface area contributed by atoms with E-state index in [9.17, 15) is 19.5 Å². The number of fused-ring (bicyclic) bond motifs is 2. The summed E-state index contributed by atoms with van der Waals surface area (Å²) in [6.07, 6.45) is 1.10. The minimum Gasteiger partial charge on any atom is -0.497 e. The molecule has 0 aliphatic carbocycles. The summed E-state index contributed by atoms with van der Waals surface area (Å²) in [5, 5.41) is 11.1. The lowest BCUT2D eigenvalue weighted by Crippen LogP contribution is -2.52. The van der Waals surface area contributed by atoms with Gasteiger partial charge < -0.3 is 29.1 Å². The van der Waals surface area contributed by atoms with Crippen LogP contribution in [0.25, 0.3) is 5.69 Å². The number of benzene rings is 3. The van der Waals surface area contributed by atoms with Crippen molar-refractivity contribution in [1.29, 1.82) is 0 Å². The molecule has 0 radical (unpaired) electrons. The second kappa shape index (κ2) is 13.9. The van der Waals surface area contributed by atoms with Gasteiger partial charge >= 0.3 is 0 Å². The SMILES string of the molecule is COc1ccc([Si](C)(C)[C@H]2[C@H](CC(=O)N(CCO)Cc3ccccc3)O[C@@]3(C(=O)N(C)c4ccc(-n5cccc(OC)c5=O)cc43)[C@@H]2C)cc1. The number of ether oxygens (including phenoxy) is 3. The van der Waals surface area contributed by atoms with Crippen molar-refractivity contribution in [2.24, 2.45) is 5.92 Å². The largest absolute Gasteiger partial charge is 0.497 e. The number of carbonyl (C=O) groups excluding carboxylic acids is 2. The van der Waals surface area contributed by atoms with Gasteiger partial charge in [-0.3, -0.25) is 19.0 Å². The Hall–Kier alpha value is -4.71. The molecule has 6 rings (SSSR count). The molecule has 0 saturated carbocycles. The second-order valence-electron chi connectivity index (χ2n) is 13.7. The Kier molecular flexibility index (Phi) is 9.76. The Morgan fingerprint density at radius 1 is 0.980 bits per heavy atom. The number of aliphatic hydroxyl groups excluding tert-OH is 1. The molecule has 50 heavy (non-hydrogen) atoms. The number of anilines is 1. The summed E-state index contributed by atoms with van der Waals surface area (Å²) in [6, 6.07) is 26.6. The molecule has 1 N–H and O–H groups in total. The first kappa shape index (κ1) is 35.1. The van der Waals surface area contributed by atoms with Crippen LogP contribution < -0.4 is 25.1 Å². The van der Waals surface area contributed by atoms with Gasteiger partial charge in [-0.2, -0.15) is 0 Å². The van der Waals surface area contributed by atoms with Crippen LogP contribution in [0.1, 0.15) is 24.5 Å². The van der Waals surface area contributed by atoms with Gasteiger partial charge in [0, 0.05) is 43.5 Å². The minimum atomic E-state index is -2.51. The Labute approximate surface area is 293 Å². The van der Waals surface area contributed by atoms with Crippen molar-refractivity contribution in [3.63, 3.8) is 0 Å². The molecule has 3 aromatic carbocycles. The summed E-state index contributed by atoms with van der Waals surface area (Å²) in [4.78, 5) is 45.4. The van der Waals surface area contributed by atoms with E-state index in [0.717, 1.165) is 16.5 Å². The summed E-state index contributed by atoms with van der Waals surface area (Å²) >= 11 is 0. The molecular formula is C39H45N3O7Si. The highest BCUT2D eigenvalue weighted by molar-refractivity contribution is 6.91. The van der Waals surface area contributed by atoms with Crippen LogP contribution in [0.3, 0.4) is 0 Å². The number of aromatic nitrogens is 1. The summed E-state index contributed by atoms with van der Waals surface area (Å²) < 4.78 is 19.4. The monoisotopic (exact) mass is 695 g/mol. The van der Waals surface area contributed by atoms with Crippen molar-refractivity contribution in [3.8, 4) is 17.2 Å². The highest BCUT2D eigenvalue weighted by Gasteiger charge is 2.66. The van der Waals surface area contributed by atoms with Gasteiger partial charge in [-0.1, -0.05) is 67.7 Å². The second-order valence-corrected chi connectivity index (χ2v) is 18.4. The molecule has 11 heteroatoms. The molecule has 0 unspecified atom stereocenters. The van der Waals surface area contributed by atoms with Crippen LogP contribution in [0.5, 0.6) is 11.5 Å². The summed E-state index contributed by atoms with van der Waals surface area (Å²) in [5.74, 6) is 0.261. The van der Waals surface area contributed by atoms with Gasteiger partial charge in [0.15, 0.2) is 11.4 Å². The van der Waals surface area contributed by atoms with Crippen molar-refractivity contribution in [2.75, 3.05) is 39.3 Å². The number of amides is 2. The first-order chi connectivity index (χ1) is 24.0. The molecule has 1 aromatic heterocycles. The molecule has 4 atom stereocenters. The Bertz CT molecular complexity index is 1930. The van der Waals surface area contributed by atoms with Gasteiger partial charge in [0.25, 0.3) is 11.5 Å². The first-order valence-electron chi connectivity index (χ1n) is 16.9. The van der Waals surface area contributed by atoms with Crippen molar-refractivity contribution in [3.05, 3.63) is 113 Å². The maximum Gasteiger partial charge on any atom is 0.297 e. The number of carbonyl (C=O) groups is 2. The third kappa shape index (κ3) is 5.93. The Morgan fingerprint density at radius 3 is 2.36 bits per heavy atom. The fourth-order valence-electron chi connectivity index (χ4n) is 8.11. The van der Waals surface area contributed by atoms with Gasteiger partial charge in [0.05, 0.1) is 47.1 Å². The third-order valence-corrected chi connectivity index (χ3v) is 15.0. The van der Waals surface area contributed by atoms with Crippen molar-refractivity contribution < 1.29 is 28.9 Å². The average molecular weight is 696 g/mol. The first-order valence-corrected chi connectivity index (χ1v) is 20.0. The number of hydrogen-bond acceptors (Lipinski definition) is 7. The highest BCUT2D eigenvalue weighted by atomic mass is 28.3. The standard InChI is InChI=1S/C39H45N3O7Si/c1-26-36(50(5,6)30-17-15-29(47-3)16-18-30)34(24-35(44)41(21-22-43)25-27-11-8-7-9-12-27)49-39(26)31-23-28(14-19-32(31)40(2)38(39)46)42-20-10-13-33(48-4)37(42)45/h7-20,23,26,34,36,43H,21-22,24-25H2,1-6H3/t26-,34+,36-,39+/m1/s1. The number of likely N-dealkylation sites (N-methyl/N-ethyl adjacent to an activating group) is 1. The lowest BCUT2D eigenvalue weighted by atomic mass is 9.82. The number of methoxy groups -OCH3 is 2. The van der Waals surface area contributed by atoms with Gasteiger partial charge in [-0.15, -0.1) is 0 Å². The Balaban J connectivity index is 1.46. The average Bonchev–Trinajstić information content (AvgIpc) is 3.53. The van der Waals surface area contributed by atoms with Crippen LogP contribution in [0, 0.1) is 5.92 Å². The van der Waals surface area contributed by atoms with Crippen molar-refractivity contribution in [1.82, 2.24) is 9.47 Å². The quantitative estimate of drug-likeness (QED) is 0.231.